The molecule has 1 saturated carbocycles. The predicted octanol–water partition coefficient (Wildman–Crippen LogP) is 1.82. The first-order chi connectivity index (χ1) is 7.43. The van der Waals surface area contributed by atoms with Crippen LogP contribution in [0.5, 0.6) is 0 Å². The van der Waals surface area contributed by atoms with Crippen molar-refractivity contribution in [1.29, 1.82) is 0 Å². The maximum Gasteiger partial charge on any atom is 0.0499 e. The molecule has 3 atom stereocenters. The third-order valence-corrected chi connectivity index (χ3v) is 3.60. The summed E-state index contributed by atoms with van der Waals surface area (Å²) in [6.07, 6.45) is 5.46. The Morgan fingerprint density at radius 3 is 2.40 bits per heavy atom. The molecule has 0 aromatic heterocycles. The van der Waals surface area contributed by atoms with Crippen molar-refractivity contribution in [3.05, 3.63) is 0 Å². The topological polar surface area (TPSA) is 29.5 Å². The highest BCUT2D eigenvalue weighted by Crippen LogP contribution is 2.52. The van der Waals surface area contributed by atoms with E-state index in [9.17, 15) is 0 Å². The summed E-state index contributed by atoms with van der Waals surface area (Å²) in [4.78, 5) is 0. The normalized spacial score (nSPS) is 33.3. The summed E-state index contributed by atoms with van der Waals surface area (Å²) >= 11 is 0. The molecule has 15 heavy (non-hydrogen) atoms. The molecule has 1 unspecified atom stereocenters. The molecule has 0 spiro atoms. The summed E-state index contributed by atoms with van der Waals surface area (Å²) in [6, 6.07) is 0. The van der Waals surface area contributed by atoms with E-state index in [4.69, 9.17) is 9.84 Å². The van der Waals surface area contributed by atoms with Crippen LogP contribution >= 0.6 is 0 Å². The molecule has 0 bridgehead atoms. The molecule has 0 heterocycles. The standard InChI is InChI=1S/C13H20O2/c14-8-5-9-15-10-13-11-6-3-1-2-4-7-12(11)13/h11-14H,3-10H2/t11-,12+,13?. The quantitative estimate of drug-likeness (QED) is 0.551. The zero-order valence-corrected chi connectivity index (χ0v) is 9.24. The lowest BCUT2D eigenvalue weighted by Gasteiger charge is -2.01. The Bertz CT molecular complexity index is 233. The molecule has 2 aliphatic carbocycles. The van der Waals surface area contributed by atoms with Gasteiger partial charge < -0.3 is 9.84 Å². The fourth-order valence-corrected chi connectivity index (χ4v) is 2.67. The molecule has 84 valence electrons. The number of aliphatic hydroxyl groups excluding tert-OH is 1. The molecule has 1 N–H and O–H groups in total. The van der Waals surface area contributed by atoms with Gasteiger partial charge in [-0.25, -0.2) is 0 Å². The summed E-state index contributed by atoms with van der Waals surface area (Å²) in [5.41, 5.74) is 0. The molecule has 2 nitrogen and oxygen atoms in total. The number of hydrogen-bond donors (Lipinski definition) is 1. The Hall–Kier alpha value is -0.520. The van der Waals surface area contributed by atoms with Gasteiger partial charge in [0.1, 0.15) is 0 Å². The average Bonchev–Trinajstić information content (AvgIpc) is 2.83. The number of aliphatic hydroxyl groups is 1. The van der Waals surface area contributed by atoms with Crippen LogP contribution in [0, 0.1) is 29.6 Å². The average molecular weight is 208 g/mol. The molecular formula is C13H20O2. The predicted molar refractivity (Wildman–Crippen MR) is 59.2 cm³/mol. The van der Waals surface area contributed by atoms with Crippen molar-refractivity contribution in [2.75, 3.05) is 19.8 Å². The SMILES string of the molecule is OCCCOCC1[C@H]2CCC#CCC[C@@H]12. The van der Waals surface area contributed by atoms with Crippen molar-refractivity contribution in [1.82, 2.24) is 0 Å². The molecule has 0 aromatic rings. The van der Waals surface area contributed by atoms with Crippen LogP contribution in [0.4, 0.5) is 0 Å². The second kappa shape index (κ2) is 5.53. The molecule has 0 aromatic carbocycles. The van der Waals surface area contributed by atoms with Crippen molar-refractivity contribution in [2.45, 2.75) is 32.1 Å². The number of rotatable bonds is 5. The summed E-state index contributed by atoms with van der Waals surface area (Å²) in [6.45, 7) is 1.85. The van der Waals surface area contributed by atoms with E-state index >= 15 is 0 Å². The number of hydrogen-bond acceptors (Lipinski definition) is 2. The van der Waals surface area contributed by atoms with Crippen LogP contribution in [-0.4, -0.2) is 24.9 Å². The fourth-order valence-electron chi connectivity index (χ4n) is 2.67. The van der Waals surface area contributed by atoms with E-state index in [2.05, 4.69) is 11.8 Å². The van der Waals surface area contributed by atoms with Crippen LogP contribution in [0.1, 0.15) is 32.1 Å². The van der Waals surface area contributed by atoms with E-state index in [1.54, 1.807) is 0 Å². The summed E-state index contributed by atoms with van der Waals surface area (Å²) in [7, 11) is 0. The van der Waals surface area contributed by atoms with E-state index in [0.717, 1.165) is 43.6 Å². The Morgan fingerprint density at radius 2 is 1.80 bits per heavy atom. The van der Waals surface area contributed by atoms with Crippen LogP contribution in [0.15, 0.2) is 0 Å². The maximum absolute atomic E-state index is 8.63. The first-order valence-corrected chi connectivity index (χ1v) is 6.08. The van der Waals surface area contributed by atoms with Crippen molar-refractivity contribution in [2.24, 2.45) is 17.8 Å². The lowest BCUT2D eigenvalue weighted by atomic mass is 10.1. The van der Waals surface area contributed by atoms with Crippen LogP contribution in [-0.2, 0) is 4.74 Å². The Balaban J connectivity index is 1.65. The molecule has 0 aliphatic heterocycles. The van der Waals surface area contributed by atoms with Gasteiger partial charge in [0.05, 0.1) is 0 Å². The molecule has 2 aliphatic rings. The van der Waals surface area contributed by atoms with Crippen molar-refractivity contribution >= 4 is 0 Å². The first kappa shape index (κ1) is 11.0. The van der Waals surface area contributed by atoms with Gasteiger partial charge in [-0.2, -0.15) is 0 Å². The first-order valence-electron chi connectivity index (χ1n) is 6.08. The number of ether oxygens (including phenoxy) is 1. The lowest BCUT2D eigenvalue weighted by molar-refractivity contribution is 0.102. The van der Waals surface area contributed by atoms with E-state index in [1.807, 2.05) is 0 Å². The van der Waals surface area contributed by atoms with E-state index in [0.29, 0.717) is 6.61 Å². The second-order valence-corrected chi connectivity index (χ2v) is 4.57. The highest BCUT2D eigenvalue weighted by atomic mass is 16.5. The van der Waals surface area contributed by atoms with Gasteiger partial charge in [0, 0.05) is 32.7 Å². The summed E-state index contributed by atoms with van der Waals surface area (Å²) < 4.78 is 5.57. The second-order valence-electron chi connectivity index (χ2n) is 4.57. The van der Waals surface area contributed by atoms with Crippen LogP contribution in [0.25, 0.3) is 0 Å². The van der Waals surface area contributed by atoms with E-state index in [-0.39, 0.29) is 6.61 Å². The van der Waals surface area contributed by atoms with Crippen LogP contribution < -0.4 is 0 Å². The van der Waals surface area contributed by atoms with Gasteiger partial charge in [0.2, 0.25) is 0 Å². The minimum absolute atomic E-state index is 0.241. The van der Waals surface area contributed by atoms with Crippen molar-refractivity contribution in [3.8, 4) is 11.8 Å². The number of fused-ring (bicyclic) bond motifs is 1. The van der Waals surface area contributed by atoms with E-state index < -0.39 is 0 Å². The Morgan fingerprint density at radius 1 is 1.13 bits per heavy atom. The maximum atomic E-state index is 8.63. The summed E-state index contributed by atoms with van der Waals surface area (Å²) in [5, 5.41) is 8.63. The third-order valence-electron chi connectivity index (χ3n) is 3.60. The largest absolute Gasteiger partial charge is 0.396 e. The van der Waals surface area contributed by atoms with Gasteiger partial charge in [-0.1, -0.05) is 0 Å². The molecule has 2 heteroatoms. The monoisotopic (exact) mass is 208 g/mol. The van der Waals surface area contributed by atoms with Crippen molar-refractivity contribution < 1.29 is 9.84 Å². The van der Waals surface area contributed by atoms with Crippen LogP contribution in [0.2, 0.25) is 0 Å². The van der Waals surface area contributed by atoms with Crippen LogP contribution in [0.3, 0.4) is 0 Å². The lowest BCUT2D eigenvalue weighted by Crippen LogP contribution is -2.02. The third kappa shape index (κ3) is 2.96. The van der Waals surface area contributed by atoms with Gasteiger partial charge in [-0.05, 0) is 37.0 Å². The minimum Gasteiger partial charge on any atom is -0.396 e. The Labute approximate surface area is 92.0 Å². The molecule has 1 fully saturated rings. The molecule has 0 radical (unpaired) electrons. The van der Waals surface area contributed by atoms with Crippen molar-refractivity contribution in [3.63, 3.8) is 0 Å². The van der Waals surface area contributed by atoms with Gasteiger partial charge in [0.15, 0.2) is 0 Å². The molecular weight excluding hydrogens is 188 g/mol. The highest BCUT2D eigenvalue weighted by Gasteiger charge is 2.48. The van der Waals surface area contributed by atoms with Gasteiger partial charge >= 0.3 is 0 Å². The summed E-state index contributed by atoms with van der Waals surface area (Å²) in [5.74, 6) is 8.98. The molecule has 0 saturated heterocycles. The molecule has 2 rings (SSSR count). The fraction of sp³-hybridized carbons (Fsp3) is 0.846. The smallest absolute Gasteiger partial charge is 0.0499 e. The molecule has 0 amide bonds. The van der Waals surface area contributed by atoms with Gasteiger partial charge in [0.25, 0.3) is 0 Å². The highest BCUT2D eigenvalue weighted by molar-refractivity contribution is 5.07. The van der Waals surface area contributed by atoms with Gasteiger partial charge in [-0.3, -0.25) is 0 Å². The Kier molecular flexibility index (Phi) is 4.05. The van der Waals surface area contributed by atoms with E-state index in [1.165, 1.54) is 12.8 Å². The van der Waals surface area contributed by atoms with Gasteiger partial charge in [-0.15, -0.1) is 11.8 Å². The zero-order chi connectivity index (χ0) is 10.5. The zero-order valence-electron chi connectivity index (χ0n) is 9.24. The minimum atomic E-state index is 0.241.